The summed E-state index contributed by atoms with van der Waals surface area (Å²) in [7, 11) is 0. The summed E-state index contributed by atoms with van der Waals surface area (Å²) in [5, 5.41) is 0. The summed E-state index contributed by atoms with van der Waals surface area (Å²) >= 11 is 0. The van der Waals surface area contributed by atoms with Crippen LogP contribution in [-0.2, 0) is 9.59 Å². The Hall–Kier alpha value is -1.10. The van der Waals surface area contributed by atoms with E-state index < -0.39 is 17.9 Å². The maximum Gasteiger partial charge on any atom is 0.255 e. The highest BCUT2D eigenvalue weighted by atomic mass is 16.2. The monoisotopic (exact) mass is 130 g/mol. The van der Waals surface area contributed by atoms with E-state index >= 15 is 0 Å². The van der Waals surface area contributed by atoms with Crippen LogP contribution in [0.15, 0.2) is 0 Å². The predicted molar refractivity (Wildman–Crippen MR) is 29.9 cm³/mol. The Bertz CT molecular complexity index is 134. The third-order valence-corrected chi connectivity index (χ3v) is 0.758. The fraction of sp³-hybridized carbons (Fsp3) is 0.500. The Balaban J connectivity index is 3.63. The lowest BCUT2D eigenvalue weighted by Crippen LogP contribution is -2.35. The molecule has 5 heteroatoms. The topological polar surface area (TPSA) is 110 Å². The Morgan fingerprint density at radius 3 is 2.11 bits per heavy atom. The van der Waals surface area contributed by atoms with Crippen molar-refractivity contribution < 1.29 is 9.59 Å². The zero-order valence-corrected chi connectivity index (χ0v) is 4.76. The molecule has 0 aromatic rings. The van der Waals surface area contributed by atoms with Crippen LogP contribution in [0, 0.1) is 0 Å². The van der Waals surface area contributed by atoms with Gasteiger partial charge in [-0.15, -0.1) is 0 Å². The smallest absolute Gasteiger partial charge is 0.255 e. The third-order valence-electron chi connectivity index (χ3n) is 0.758. The molecule has 5 nitrogen and oxygen atoms in total. The van der Waals surface area contributed by atoms with Crippen molar-refractivity contribution in [2.45, 2.75) is 12.5 Å². The number of carbonyl (C=O) groups is 2. The van der Waals surface area contributed by atoms with Gasteiger partial charge in [0, 0.05) is 0 Å². The zero-order valence-electron chi connectivity index (χ0n) is 4.76. The first kappa shape index (κ1) is 7.90. The molecule has 0 aliphatic heterocycles. The molecule has 0 aliphatic carbocycles. The maximum atomic E-state index is 10.0. The Labute approximate surface area is 52.2 Å². The Morgan fingerprint density at radius 2 is 2.00 bits per heavy atom. The summed E-state index contributed by atoms with van der Waals surface area (Å²) in [5.41, 5.74) is 16.1. The van der Waals surface area contributed by atoms with E-state index in [0.717, 1.165) is 0 Å². The van der Waals surface area contributed by atoms with Gasteiger partial charge in [-0.05, 0) is 0 Å². The molecule has 51 valence electrons. The molecule has 0 saturated heterocycles. The van der Waals surface area contributed by atoms with Gasteiger partial charge in [0.1, 0.15) is 0 Å². The largest absolute Gasteiger partial charge is 0.370 e. The molecule has 0 saturated carbocycles. The van der Waals surface area contributed by atoms with Gasteiger partial charge in [-0.3, -0.25) is 15.3 Å². The molecule has 1 unspecified atom stereocenters. The van der Waals surface area contributed by atoms with Crippen LogP contribution in [-0.4, -0.2) is 17.9 Å². The van der Waals surface area contributed by atoms with Crippen molar-refractivity contribution in [3.63, 3.8) is 0 Å². The van der Waals surface area contributed by atoms with E-state index in [1.165, 1.54) is 0 Å². The summed E-state index contributed by atoms with van der Waals surface area (Å²) < 4.78 is 0. The highest BCUT2D eigenvalue weighted by molar-refractivity contribution is 5.85. The highest BCUT2D eigenvalue weighted by Crippen LogP contribution is 1.83. The van der Waals surface area contributed by atoms with Crippen LogP contribution in [0.2, 0.25) is 0 Å². The van der Waals surface area contributed by atoms with E-state index in [9.17, 15) is 9.59 Å². The average molecular weight is 130 g/mol. The number of amides is 2. The molecule has 2 amide bonds. The van der Waals surface area contributed by atoms with Crippen LogP contribution in [0.5, 0.6) is 0 Å². The molecule has 1 atom stereocenters. The van der Waals surface area contributed by atoms with Crippen LogP contribution in [0.1, 0.15) is 6.42 Å². The Morgan fingerprint density at radius 1 is 1.56 bits per heavy atom. The average Bonchev–Trinajstić information content (AvgIpc) is 1.63. The normalized spacial score (nSPS) is 12.6. The molecule has 0 fully saturated rings. The van der Waals surface area contributed by atoms with E-state index in [1.807, 2.05) is 0 Å². The summed E-state index contributed by atoms with van der Waals surface area (Å²) in [6, 6.07) is -1.05. The number of hydrogen-bond donors (Lipinski definition) is 2. The van der Waals surface area contributed by atoms with Crippen LogP contribution >= 0.6 is 0 Å². The molecule has 0 aromatic heterocycles. The van der Waals surface area contributed by atoms with Gasteiger partial charge in [-0.25, -0.2) is 0 Å². The van der Waals surface area contributed by atoms with Crippen molar-refractivity contribution in [1.82, 2.24) is 5.73 Å². The van der Waals surface area contributed by atoms with E-state index in [1.54, 1.807) is 0 Å². The molecule has 0 heterocycles. The van der Waals surface area contributed by atoms with Gasteiger partial charge < -0.3 is 11.5 Å². The quantitative estimate of drug-likeness (QED) is 0.460. The van der Waals surface area contributed by atoms with Crippen LogP contribution < -0.4 is 17.2 Å². The molecule has 0 aromatic carbocycles. The molecular formula is C4H8N3O2. The first-order valence-electron chi connectivity index (χ1n) is 2.33. The van der Waals surface area contributed by atoms with E-state index in [4.69, 9.17) is 11.5 Å². The van der Waals surface area contributed by atoms with Crippen molar-refractivity contribution >= 4 is 11.8 Å². The SMILES string of the molecule is [NH]C(=O)C(N)CC(N)=O. The van der Waals surface area contributed by atoms with Crippen LogP contribution in [0.3, 0.4) is 0 Å². The minimum Gasteiger partial charge on any atom is -0.370 e. The van der Waals surface area contributed by atoms with Gasteiger partial charge in [0.25, 0.3) is 5.91 Å². The second-order valence-corrected chi connectivity index (χ2v) is 1.64. The highest BCUT2D eigenvalue weighted by Gasteiger charge is 2.11. The van der Waals surface area contributed by atoms with E-state index in [-0.39, 0.29) is 6.42 Å². The number of hydrogen-bond acceptors (Lipinski definition) is 3. The molecule has 1 radical (unpaired) electrons. The molecule has 0 spiro atoms. The van der Waals surface area contributed by atoms with E-state index in [0.29, 0.717) is 0 Å². The zero-order chi connectivity index (χ0) is 7.44. The predicted octanol–water partition coefficient (Wildman–Crippen LogP) is -2.00. The van der Waals surface area contributed by atoms with Crippen molar-refractivity contribution in [2.24, 2.45) is 11.5 Å². The summed E-state index contributed by atoms with van der Waals surface area (Å²) in [6.45, 7) is 0. The van der Waals surface area contributed by atoms with Gasteiger partial charge >= 0.3 is 0 Å². The summed E-state index contributed by atoms with van der Waals surface area (Å²) in [6.07, 6.45) is -0.248. The number of carbonyl (C=O) groups excluding carboxylic acids is 2. The second kappa shape index (κ2) is 3.03. The van der Waals surface area contributed by atoms with Gasteiger partial charge in [0.05, 0.1) is 12.5 Å². The standard InChI is InChI=1S/C4H8N3O2/c5-2(4(7)9)1-3(6)8/h2,7H,1,5H2,(H2,6,8). The summed E-state index contributed by atoms with van der Waals surface area (Å²) in [5.74, 6) is -1.63. The Kier molecular flexibility index (Phi) is 2.66. The van der Waals surface area contributed by atoms with Gasteiger partial charge in [0.2, 0.25) is 5.91 Å². The van der Waals surface area contributed by atoms with Crippen LogP contribution in [0.25, 0.3) is 0 Å². The third kappa shape index (κ3) is 3.48. The lowest BCUT2D eigenvalue weighted by atomic mass is 10.2. The van der Waals surface area contributed by atoms with Gasteiger partial charge in [-0.2, -0.15) is 0 Å². The summed E-state index contributed by atoms with van der Waals surface area (Å²) in [4.78, 5) is 20.0. The van der Waals surface area contributed by atoms with Crippen molar-refractivity contribution in [3.05, 3.63) is 0 Å². The second-order valence-electron chi connectivity index (χ2n) is 1.64. The van der Waals surface area contributed by atoms with E-state index in [2.05, 4.69) is 5.73 Å². The molecule has 0 bridgehead atoms. The van der Waals surface area contributed by atoms with Crippen molar-refractivity contribution in [1.29, 1.82) is 0 Å². The van der Waals surface area contributed by atoms with Crippen LogP contribution in [0.4, 0.5) is 0 Å². The first-order chi connectivity index (χ1) is 4.04. The molecule has 5 N–H and O–H groups in total. The minimum atomic E-state index is -1.05. The van der Waals surface area contributed by atoms with Gasteiger partial charge in [-0.1, -0.05) is 0 Å². The maximum absolute atomic E-state index is 10.0. The van der Waals surface area contributed by atoms with Crippen molar-refractivity contribution in [2.75, 3.05) is 0 Å². The number of primary amides is 1. The van der Waals surface area contributed by atoms with Crippen molar-refractivity contribution in [3.8, 4) is 0 Å². The molecule has 0 aliphatic rings. The van der Waals surface area contributed by atoms with Gasteiger partial charge in [0.15, 0.2) is 0 Å². The molecule has 0 rings (SSSR count). The first-order valence-corrected chi connectivity index (χ1v) is 2.33. The lowest BCUT2D eigenvalue weighted by molar-refractivity contribution is -0.124. The lowest BCUT2D eigenvalue weighted by Gasteiger charge is -2.00. The molecule has 9 heavy (non-hydrogen) atoms. The minimum absolute atomic E-state index is 0.248. The number of nitrogens with two attached hydrogens (primary N) is 2. The number of nitrogens with one attached hydrogen (secondary N) is 1. The fourth-order valence-electron chi connectivity index (χ4n) is 0.309. The fourth-order valence-corrected chi connectivity index (χ4v) is 0.309. The molecular weight excluding hydrogens is 122 g/mol. The number of rotatable bonds is 3.